The Hall–Kier alpha value is -1.71. The zero-order chi connectivity index (χ0) is 12.5. The second-order valence-electron chi connectivity index (χ2n) is 4.45. The van der Waals surface area contributed by atoms with Gasteiger partial charge in [-0.25, -0.2) is 4.39 Å². The average Bonchev–Trinajstić information content (AvgIpc) is 2.82. The van der Waals surface area contributed by atoms with Gasteiger partial charge >= 0.3 is 0 Å². The molecule has 3 heteroatoms. The molecule has 0 radical (unpaired) electrons. The molecule has 2 aromatic rings. The highest BCUT2D eigenvalue weighted by atomic mass is 19.1. The summed E-state index contributed by atoms with van der Waals surface area (Å²) in [5.41, 5.74) is 4.22. The van der Waals surface area contributed by atoms with Crippen LogP contribution in [0, 0.1) is 5.82 Å². The first-order valence-corrected chi connectivity index (χ1v) is 5.91. The van der Waals surface area contributed by atoms with Gasteiger partial charge in [-0.15, -0.1) is 0 Å². The van der Waals surface area contributed by atoms with Crippen molar-refractivity contribution in [2.75, 3.05) is 0 Å². The molecule has 0 aromatic heterocycles. The number of hydrogen-bond donors (Lipinski definition) is 0. The highest BCUT2D eigenvalue weighted by Gasteiger charge is 2.24. The van der Waals surface area contributed by atoms with E-state index >= 15 is 0 Å². The van der Waals surface area contributed by atoms with Gasteiger partial charge in [0.1, 0.15) is 11.9 Å². The van der Waals surface area contributed by atoms with E-state index in [1.165, 1.54) is 12.1 Å². The lowest BCUT2D eigenvalue weighted by Gasteiger charge is -2.11. The monoisotopic (exact) mass is 245 g/mol. The molecular formula is C15H14FO2+. The van der Waals surface area contributed by atoms with Crippen molar-refractivity contribution in [3.63, 3.8) is 0 Å². The minimum Gasteiger partial charge on any atom is -0.442 e. The average molecular weight is 245 g/mol. The van der Waals surface area contributed by atoms with E-state index in [-0.39, 0.29) is 18.5 Å². The van der Waals surface area contributed by atoms with Crippen LogP contribution in [0.4, 0.5) is 4.39 Å². The van der Waals surface area contributed by atoms with Crippen molar-refractivity contribution in [2.45, 2.75) is 19.3 Å². The fraction of sp³-hybridized carbons (Fsp3) is 0.200. The summed E-state index contributed by atoms with van der Waals surface area (Å²) in [6, 6.07) is 12.4. The Morgan fingerprint density at radius 3 is 2.67 bits per heavy atom. The molecule has 3 rings (SSSR count). The molecule has 92 valence electrons. The van der Waals surface area contributed by atoms with Gasteiger partial charge in [-0.3, -0.25) is 0 Å². The first-order valence-electron chi connectivity index (χ1n) is 5.91. The lowest BCUT2D eigenvalue weighted by atomic mass is 9.98. The van der Waals surface area contributed by atoms with Crippen LogP contribution in [-0.4, -0.2) is 5.11 Å². The Bertz CT molecular complexity index is 563. The van der Waals surface area contributed by atoms with Gasteiger partial charge < -0.3 is 9.84 Å². The second kappa shape index (κ2) is 4.52. The standard InChI is InChI=1S/C15H13FO2/c16-13-4-2-11(3-5-13)15-14-6-1-10(8-17)7-12(14)9-18-15/h1-7,15,17H,8-9H2/p+1. The Morgan fingerprint density at radius 1 is 1.17 bits per heavy atom. The summed E-state index contributed by atoms with van der Waals surface area (Å²) < 4.78 is 18.7. The SMILES string of the molecule is [OH2+]Cc1ccc2c(c1)COC2c1ccc(F)cc1. The normalized spacial score (nSPS) is 17.8. The van der Waals surface area contributed by atoms with Gasteiger partial charge in [0.15, 0.2) is 6.61 Å². The molecule has 2 N–H and O–H groups in total. The van der Waals surface area contributed by atoms with Crippen LogP contribution in [0.25, 0.3) is 0 Å². The van der Waals surface area contributed by atoms with E-state index in [4.69, 9.17) is 9.84 Å². The number of halogens is 1. The van der Waals surface area contributed by atoms with Crippen LogP contribution in [0.2, 0.25) is 0 Å². The zero-order valence-electron chi connectivity index (χ0n) is 9.82. The van der Waals surface area contributed by atoms with E-state index in [1.54, 1.807) is 12.1 Å². The van der Waals surface area contributed by atoms with Gasteiger partial charge in [-0.1, -0.05) is 24.3 Å². The van der Waals surface area contributed by atoms with E-state index < -0.39 is 0 Å². The highest BCUT2D eigenvalue weighted by molar-refractivity contribution is 5.40. The van der Waals surface area contributed by atoms with E-state index in [2.05, 4.69) is 0 Å². The molecule has 1 aliphatic heterocycles. The minimum absolute atomic E-state index is 0.111. The Morgan fingerprint density at radius 2 is 1.94 bits per heavy atom. The summed E-state index contributed by atoms with van der Waals surface area (Å²) >= 11 is 0. The van der Waals surface area contributed by atoms with Crippen molar-refractivity contribution in [3.8, 4) is 0 Å². The fourth-order valence-corrected chi connectivity index (χ4v) is 2.33. The van der Waals surface area contributed by atoms with Crippen molar-refractivity contribution >= 4 is 0 Å². The molecule has 0 aliphatic carbocycles. The molecule has 1 unspecified atom stereocenters. The predicted octanol–water partition coefficient (Wildman–Crippen LogP) is 2.67. The summed E-state index contributed by atoms with van der Waals surface area (Å²) in [7, 11) is 0. The van der Waals surface area contributed by atoms with Gasteiger partial charge in [0.05, 0.1) is 6.61 Å². The molecule has 0 fully saturated rings. The molecule has 0 bridgehead atoms. The van der Waals surface area contributed by atoms with E-state index in [0.29, 0.717) is 6.61 Å². The third-order valence-corrected chi connectivity index (χ3v) is 3.27. The number of hydrogen-bond acceptors (Lipinski definition) is 1. The summed E-state index contributed by atoms with van der Waals surface area (Å²) in [5, 5.41) is 7.36. The number of ether oxygens (including phenoxy) is 1. The zero-order valence-corrected chi connectivity index (χ0v) is 9.82. The van der Waals surface area contributed by atoms with Crippen molar-refractivity contribution in [1.82, 2.24) is 0 Å². The summed E-state index contributed by atoms with van der Waals surface area (Å²) in [6.07, 6.45) is -0.111. The number of rotatable bonds is 2. The van der Waals surface area contributed by atoms with E-state index in [1.807, 2.05) is 18.2 Å². The first-order chi connectivity index (χ1) is 8.78. The maximum Gasteiger partial charge on any atom is 0.169 e. The first kappa shape index (κ1) is 11.4. The molecule has 0 spiro atoms. The largest absolute Gasteiger partial charge is 0.442 e. The molecule has 0 amide bonds. The number of benzene rings is 2. The topological polar surface area (TPSA) is 32.1 Å². The lowest BCUT2D eigenvalue weighted by molar-refractivity contribution is 0.0939. The smallest absolute Gasteiger partial charge is 0.169 e. The summed E-state index contributed by atoms with van der Waals surface area (Å²) in [4.78, 5) is 0. The molecule has 2 nitrogen and oxygen atoms in total. The molecule has 1 atom stereocenters. The highest BCUT2D eigenvalue weighted by Crippen LogP contribution is 2.36. The fourth-order valence-electron chi connectivity index (χ4n) is 2.33. The maximum atomic E-state index is 12.9. The van der Waals surface area contributed by atoms with Gasteiger partial charge in [-0.05, 0) is 34.9 Å². The van der Waals surface area contributed by atoms with Crippen LogP contribution in [0.5, 0.6) is 0 Å². The van der Waals surface area contributed by atoms with Crippen LogP contribution in [-0.2, 0) is 18.0 Å². The van der Waals surface area contributed by atoms with Crippen LogP contribution in [0.3, 0.4) is 0 Å². The van der Waals surface area contributed by atoms with E-state index in [9.17, 15) is 4.39 Å². The molecule has 1 aliphatic rings. The molecule has 0 saturated heterocycles. The summed E-state index contributed by atoms with van der Waals surface area (Å²) in [5.74, 6) is -0.235. The van der Waals surface area contributed by atoms with Crippen molar-refractivity contribution in [1.29, 1.82) is 0 Å². The van der Waals surface area contributed by atoms with Gasteiger partial charge in [0.25, 0.3) is 0 Å². The summed E-state index contributed by atoms with van der Waals surface area (Å²) in [6.45, 7) is 0.847. The third-order valence-electron chi connectivity index (χ3n) is 3.27. The third kappa shape index (κ3) is 1.92. The Labute approximate surface area is 105 Å². The molecular weight excluding hydrogens is 231 g/mol. The van der Waals surface area contributed by atoms with Crippen molar-refractivity contribution < 1.29 is 14.2 Å². The van der Waals surface area contributed by atoms with Gasteiger partial charge in [-0.2, -0.15) is 0 Å². The predicted molar refractivity (Wildman–Crippen MR) is 66.8 cm³/mol. The van der Waals surface area contributed by atoms with Crippen LogP contribution in [0.1, 0.15) is 28.4 Å². The van der Waals surface area contributed by atoms with Crippen LogP contribution in [0.15, 0.2) is 42.5 Å². The second-order valence-corrected chi connectivity index (χ2v) is 4.45. The minimum atomic E-state index is -0.235. The molecule has 0 saturated carbocycles. The lowest BCUT2D eigenvalue weighted by Crippen LogP contribution is -1.98. The Kier molecular flexibility index (Phi) is 2.86. The van der Waals surface area contributed by atoms with Crippen molar-refractivity contribution in [3.05, 3.63) is 70.5 Å². The molecule has 18 heavy (non-hydrogen) atoms. The van der Waals surface area contributed by atoms with Gasteiger partial charge in [0, 0.05) is 5.56 Å². The maximum absolute atomic E-state index is 12.9. The van der Waals surface area contributed by atoms with Crippen molar-refractivity contribution in [2.24, 2.45) is 0 Å². The van der Waals surface area contributed by atoms with Crippen LogP contribution < -0.4 is 0 Å². The molecule has 1 heterocycles. The number of fused-ring (bicyclic) bond motifs is 1. The van der Waals surface area contributed by atoms with Gasteiger partial charge in [0.2, 0.25) is 0 Å². The van der Waals surface area contributed by atoms with E-state index in [0.717, 1.165) is 22.3 Å². The Balaban J connectivity index is 1.97. The van der Waals surface area contributed by atoms with Crippen LogP contribution >= 0.6 is 0 Å². The molecule has 2 aromatic carbocycles. The quantitative estimate of drug-likeness (QED) is 0.748.